The van der Waals surface area contributed by atoms with Crippen molar-refractivity contribution in [3.63, 3.8) is 0 Å². The van der Waals surface area contributed by atoms with Crippen LogP contribution in [0.3, 0.4) is 0 Å². The zero-order valence-electron chi connectivity index (χ0n) is 14.7. The lowest BCUT2D eigenvalue weighted by molar-refractivity contribution is 1.26. The highest BCUT2D eigenvalue weighted by atomic mass is 28.4. The summed E-state index contributed by atoms with van der Waals surface area (Å²) in [4.78, 5) is 0. The van der Waals surface area contributed by atoms with E-state index in [0.29, 0.717) is 0 Å². The van der Waals surface area contributed by atoms with Crippen molar-refractivity contribution in [3.05, 3.63) is 93.7 Å². The maximum atomic E-state index is 4.21. The van der Waals surface area contributed by atoms with Gasteiger partial charge in [0.25, 0.3) is 0 Å². The van der Waals surface area contributed by atoms with E-state index in [1.165, 1.54) is 0 Å². The second-order valence-corrected chi connectivity index (χ2v) is 15.3. The van der Waals surface area contributed by atoms with Gasteiger partial charge in [-0.1, -0.05) is 42.5 Å². The minimum Gasteiger partial charge on any atom is -0.103 e. The molecule has 0 rings (SSSR count). The molecule has 0 aromatic heterocycles. The molecule has 0 aliphatic heterocycles. The molecule has 0 atom stereocenters. The summed E-state index contributed by atoms with van der Waals surface area (Å²) in [5.41, 5.74) is 0. The van der Waals surface area contributed by atoms with Crippen LogP contribution in [0.15, 0.2) is 88.6 Å². The molecule has 0 spiro atoms. The van der Waals surface area contributed by atoms with E-state index in [2.05, 4.69) is 88.6 Å². The lowest BCUT2D eigenvalue weighted by Gasteiger charge is -2.46. The van der Waals surface area contributed by atoms with Gasteiger partial charge in [0, 0.05) is 0 Å². The third kappa shape index (κ3) is 5.33. The fraction of sp³-hybridized carbons (Fsp3) is 0.286. The van der Waals surface area contributed by atoms with Crippen LogP contribution < -0.4 is 0 Å². The summed E-state index contributed by atoms with van der Waals surface area (Å²) in [7, 11) is -3.62. The minimum absolute atomic E-state index is 1.03. The molecule has 2 heteroatoms. The van der Waals surface area contributed by atoms with Crippen molar-refractivity contribution < 1.29 is 0 Å². The average Bonchev–Trinajstić information content (AvgIpc) is 2.49. The van der Waals surface area contributed by atoms with Crippen molar-refractivity contribution in [3.8, 4) is 0 Å². The van der Waals surface area contributed by atoms with Crippen molar-refractivity contribution in [2.45, 2.75) is 36.3 Å². The van der Waals surface area contributed by atoms with Gasteiger partial charge < -0.3 is 0 Å². The molecule has 0 saturated heterocycles. The van der Waals surface area contributed by atoms with Gasteiger partial charge in [-0.3, -0.25) is 0 Å². The predicted molar refractivity (Wildman–Crippen MR) is 115 cm³/mol. The number of hydrogen-bond donors (Lipinski definition) is 0. The molecular formula is C21H33Si2. The molecule has 125 valence electrons. The van der Waals surface area contributed by atoms with Crippen molar-refractivity contribution in [2.75, 3.05) is 0 Å². The van der Waals surface area contributed by atoms with Gasteiger partial charge >= 0.3 is 0 Å². The SMILES string of the molecule is C=CC[Si](CC=C)(CC=C)[C](C=C)[Si](CC=C)(CC=C)CC=C. The highest BCUT2D eigenvalue weighted by molar-refractivity contribution is 7.06. The topological polar surface area (TPSA) is 0 Å². The highest BCUT2D eigenvalue weighted by Gasteiger charge is 2.48. The van der Waals surface area contributed by atoms with Gasteiger partial charge in [-0.15, -0.1) is 46.1 Å². The van der Waals surface area contributed by atoms with Crippen LogP contribution in [0.1, 0.15) is 0 Å². The quantitative estimate of drug-likeness (QED) is 0.226. The Morgan fingerprint density at radius 1 is 0.478 bits per heavy atom. The van der Waals surface area contributed by atoms with Crippen molar-refractivity contribution in [1.29, 1.82) is 0 Å². The molecule has 0 aliphatic carbocycles. The van der Waals surface area contributed by atoms with Crippen LogP contribution in [-0.4, -0.2) is 16.1 Å². The minimum atomic E-state index is -1.81. The molecule has 0 nitrogen and oxygen atoms in total. The summed E-state index contributed by atoms with van der Waals surface area (Å²) in [6.07, 6.45) is 14.5. The third-order valence-corrected chi connectivity index (χ3v) is 16.9. The first kappa shape index (κ1) is 21.6. The highest BCUT2D eigenvalue weighted by Crippen LogP contribution is 2.44. The van der Waals surface area contributed by atoms with Gasteiger partial charge in [-0.2, -0.15) is 0 Å². The monoisotopic (exact) mass is 341 g/mol. The van der Waals surface area contributed by atoms with Crippen LogP contribution in [0.25, 0.3) is 0 Å². The Labute approximate surface area is 146 Å². The van der Waals surface area contributed by atoms with Crippen LogP contribution in [0.4, 0.5) is 0 Å². The fourth-order valence-corrected chi connectivity index (χ4v) is 16.7. The van der Waals surface area contributed by atoms with Crippen LogP contribution in [0, 0.1) is 5.16 Å². The van der Waals surface area contributed by atoms with Crippen LogP contribution in [0.2, 0.25) is 36.3 Å². The van der Waals surface area contributed by atoms with E-state index in [0.717, 1.165) is 36.3 Å². The molecule has 0 heterocycles. The van der Waals surface area contributed by atoms with Crippen LogP contribution in [0.5, 0.6) is 0 Å². The average molecular weight is 342 g/mol. The Balaban J connectivity index is 6.26. The third-order valence-electron chi connectivity index (χ3n) is 4.56. The molecule has 0 amide bonds. The maximum absolute atomic E-state index is 4.21. The number of hydrogen-bond acceptors (Lipinski definition) is 0. The zero-order valence-corrected chi connectivity index (χ0v) is 16.7. The molecule has 0 bridgehead atoms. The summed E-state index contributed by atoms with van der Waals surface area (Å²) in [6.45, 7) is 28.3. The molecule has 0 fully saturated rings. The molecule has 0 unspecified atom stereocenters. The molecule has 1 radical (unpaired) electrons. The fourth-order valence-electron chi connectivity index (χ4n) is 3.81. The molecule has 0 saturated carbocycles. The van der Waals surface area contributed by atoms with E-state index in [1.807, 2.05) is 0 Å². The van der Waals surface area contributed by atoms with Gasteiger partial charge in [0.1, 0.15) is 0 Å². The summed E-state index contributed by atoms with van der Waals surface area (Å²) >= 11 is 0. The predicted octanol–water partition coefficient (Wildman–Crippen LogP) is 6.84. The summed E-state index contributed by atoms with van der Waals surface area (Å²) in [5.74, 6) is 0. The Hall–Kier alpha value is -1.39. The summed E-state index contributed by atoms with van der Waals surface area (Å²) in [6, 6.07) is 6.21. The maximum Gasteiger partial charge on any atom is 0.0726 e. The van der Waals surface area contributed by atoms with Gasteiger partial charge in [0.2, 0.25) is 0 Å². The van der Waals surface area contributed by atoms with E-state index in [4.69, 9.17) is 0 Å². The smallest absolute Gasteiger partial charge is 0.0726 e. The van der Waals surface area contributed by atoms with Crippen molar-refractivity contribution in [2.24, 2.45) is 0 Å². The second kappa shape index (κ2) is 11.2. The number of allylic oxidation sites excluding steroid dienone is 7. The van der Waals surface area contributed by atoms with E-state index < -0.39 is 16.1 Å². The first-order valence-electron chi connectivity index (χ1n) is 8.22. The lowest BCUT2D eigenvalue weighted by Crippen LogP contribution is -2.55. The van der Waals surface area contributed by atoms with Crippen LogP contribution in [-0.2, 0) is 0 Å². The van der Waals surface area contributed by atoms with Crippen LogP contribution >= 0.6 is 0 Å². The first-order chi connectivity index (χ1) is 11.1. The Morgan fingerprint density at radius 2 is 0.696 bits per heavy atom. The molecule has 0 aliphatic rings. The van der Waals surface area contributed by atoms with E-state index in [1.54, 1.807) is 5.16 Å². The normalized spacial score (nSPS) is 11.5. The zero-order chi connectivity index (χ0) is 17.8. The second-order valence-electron chi connectivity index (χ2n) is 6.14. The molecule has 23 heavy (non-hydrogen) atoms. The largest absolute Gasteiger partial charge is 0.103 e. The van der Waals surface area contributed by atoms with E-state index >= 15 is 0 Å². The standard InChI is InChI=1S/C21H33Si2/c1-8-15-22(16-9-2,17-10-3)21(14-7)23(18-11-4,19-12-5)20-13-6/h8-14H,1-7,15-20H2. The Bertz CT molecular complexity index is 354. The van der Waals surface area contributed by atoms with Crippen molar-refractivity contribution in [1.82, 2.24) is 0 Å². The van der Waals surface area contributed by atoms with Crippen molar-refractivity contribution >= 4 is 16.1 Å². The van der Waals surface area contributed by atoms with Gasteiger partial charge in [-0.05, 0) is 41.4 Å². The van der Waals surface area contributed by atoms with Gasteiger partial charge in [-0.25, -0.2) is 0 Å². The Morgan fingerprint density at radius 3 is 0.826 bits per heavy atom. The molecule has 0 N–H and O–H groups in total. The molecular weight excluding hydrogens is 308 g/mol. The summed E-state index contributed by atoms with van der Waals surface area (Å²) in [5, 5.41) is 1.59. The number of rotatable bonds is 15. The lowest BCUT2D eigenvalue weighted by atomic mass is 10.7. The Kier molecular flexibility index (Phi) is 10.5. The first-order valence-corrected chi connectivity index (χ1v) is 13.5. The molecule has 0 aromatic rings. The summed E-state index contributed by atoms with van der Waals surface area (Å²) < 4.78 is 0. The molecule has 0 aromatic carbocycles. The van der Waals surface area contributed by atoms with E-state index in [9.17, 15) is 0 Å². The van der Waals surface area contributed by atoms with Gasteiger partial charge in [0.15, 0.2) is 0 Å². The van der Waals surface area contributed by atoms with Gasteiger partial charge in [0.05, 0.1) is 16.1 Å². The van der Waals surface area contributed by atoms with E-state index in [-0.39, 0.29) is 0 Å².